The highest BCUT2D eigenvalue weighted by Crippen LogP contribution is 2.42. The lowest BCUT2D eigenvalue weighted by atomic mass is 9.86. The number of nitrogens with zero attached hydrogens (tertiary/aromatic N) is 1. The van der Waals surface area contributed by atoms with Gasteiger partial charge in [-0.05, 0) is 25.2 Å². The van der Waals surface area contributed by atoms with Gasteiger partial charge in [-0.1, -0.05) is 41.5 Å². The average molecular weight is 342 g/mol. The van der Waals surface area contributed by atoms with Crippen LogP contribution in [-0.4, -0.2) is 39.0 Å². The lowest BCUT2D eigenvalue weighted by molar-refractivity contribution is -0.141. The van der Waals surface area contributed by atoms with Crippen molar-refractivity contribution in [3.63, 3.8) is 0 Å². The van der Waals surface area contributed by atoms with Crippen LogP contribution in [0.25, 0.3) is 0 Å². The first-order valence-electron chi connectivity index (χ1n) is 8.35. The minimum atomic E-state index is -0.297. The topological polar surface area (TPSA) is 54.5 Å². The van der Waals surface area contributed by atoms with Gasteiger partial charge in [-0.3, -0.25) is 14.5 Å². The summed E-state index contributed by atoms with van der Waals surface area (Å²) in [7, 11) is 0. The molecule has 1 aliphatic heterocycles. The van der Waals surface area contributed by atoms with Crippen molar-refractivity contribution in [2.75, 3.05) is 0 Å². The highest BCUT2D eigenvalue weighted by atomic mass is 32.2. The Hall–Kier alpha value is -0.840. The molecule has 0 aromatic carbocycles. The summed E-state index contributed by atoms with van der Waals surface area (Å²) < 4.78 is -0.0613. The highest BCUT2D eigenvalue weighted by Gasteiger charge is 2.44. The molecular weight excluding hydrogens is 310 g/mol. The van der Waals surface area contributed by atoms with Gasteiger partial charge in [-0.15, -0.1) is 11.8 Å². The van der Waals surface area contributed by atoms with Gasteiger partial charge in [-0.2, -0.15) is 0 Å². The maximum atomic E-state index is 12.7. The van der Waals surface area contributed by atoms with E-state index in [9.17, 15) is 14.4 Å². The molecule has 0 N–H and O–H groups in total. The fourth-order valence-electron chi connectivity index (χ4n) is 3.58. The molecule has 132 valence electrons. The highest BCUT2D eigenvalue weighted by molar-refractivity contribution is 8.02. The molecule has 1 saturated heterocycles. The zero-order valence-electron chi connectivity index (χ0n) is 15.5. The van der Waals surface area contributed by atoms with Crippen LogP contribution in [0, 0.1) is 11.3 Å². The molecular formula is C18H31NO3S. The molecule has 0 radical (unpaired) electrons. The normalized spacial score (nSPS) is 22.4. The van der Waals surface area contributed by atoms with Crippen LogP contribution in [0.2, 0.25) is 0 Å². The van der Waals surface area contributed by atoms with Gasteiger partial charge in [0.2, 0.25) is 11.8 Å². The van der Waals surface area contributed by atoms with Crippen molar-refractivity contribution in [1.29, 1.82) is 0 Å². The van der Waals surface area contributed by atoms with E-state index in [4.69, 9.17) is 0 Å². The Bertz CT molecular complexity index is 467. The number of aldehydes is 1. The third kappa shape index (κ3) is 5.94. The van der Waals surface area contributed by atoms with E-state index < -0.39 is 0 Å². The van der Waals surface area contributed by atoms with Gasteiger partial charge >= 0.3 is 0 Å². The second kappa shape index (κ2) is 7.37. The predicted molar refractivity (Wildman–Crippen MR) is 95.3 cm³/mol. The molecule has 1 rings (SSSR count). The first kappa shape index (κ1) is 20.2. The number of likely N-dealkylation sites (tertiary alicyclic amines) is 1. The third-order valence-electron chi connectivity index (χ3n) is 3.94. The minimum Gasteiger partial charge on any atom is -0.303 e. The summed E-state index contributed by atoms with van der Waals surface area (Å²) in [6.07, 6.45) is 2.65. The first-order chi connectivity index (χ1) is 10.4. The number of carbonyl (C=O) groups is 3. The molecule has 0 aromatic heterocycles. The van der Waals surface area contributed by atoms with Crippen LogP contribution >= 0.6 is 11.8 Å². The lowest BCUT2D eigenvalue weighted by Crippen LogP contribution is -2.40. The molecule has 1 fully saturated rings. The Labute approximate surface area is 144 Å². The van der Waals surface area contributed by atoms with E-state index in [0.29, 0.717) is 6.42 Å². The van der Waals surface area contributed by atoms with E-state index in [1.165, 1.54) is 4.90 Å². The SMILES string of the molecule is CC(C=O)CC(C)N1C(=O)CC(SC(C)(C)CC(C)(C)C)C1=O. The van der Waals surface area contributed by atoms with E-state index >= 15 is 0 Å². The van der Waals surface area contributed by atoms with Crippen LogP contribution in [0.1, 0.15) is 67.7 Å². The van der Waals surface area contributed by atoms with Gasteiger partial charge < -0.3 is 4.79 Å². The molecule has 1 aliphatic rings. The number of amides is 2. The fourth-order valence-corrected chi connectivity index (χ4v) is 5.31. The number of carbonyl (C=O) groups excluding carboxylic acids is 3. The molecule has 0 spiro atoms. The lowest BCUT2D eigenvalue weighted by Gasteiger charge is -2.33. The zero-order chi connectivity index (χ0) is 18.0. The first-order valence-corrected chi connectivity index (χ1v) is 9.23. The van der Waals surface area contributed by atoms with Gasteiger partial charge in [0.25, 0.3) is 0 Å². The molecule has 0 bridgehead atoms. The van der Waals surface area contributed by atoms with Gasteiger partial charge in [0.15, 0.2) is 0 Å². The summed E-state index contributed by atoms with van der Waals surface area (Å²) >= 11 is 1.61. The molecule has 0 aromatic rings. The quantitative estimate of drug-likeness (QED) is 0.524. The Balaban J connectivity index is 2.76. The molecule has 0 saturated carbocycles. The average Bonchev–Trinajstić information content (AvgIpc) is 2.60. The zero-order valence-corrected chi connectivity index (χ0v) is 16.3. The van der Waals surface area contributed by atoms with Crippen LogP contribution in [0.5, 0.6) is 0 Å². The van der Waals surface area contributed by atoms with Crippen molar-refractivity contribution < 1.29 is 14.4 Å². The standard InChI is InChI=1S/C18H31NO3S/c1-12(10-20)8-13(2)19-15(21)9-14(16(19)22)23-18(6,7)11-17(3,4)5/h10,12-14H,8-9,11H2,1-7H3. The van der Waals surface area contributed by atoms with Gasteiger partial charge in [-0.25, -0.2) is 0 Å². The Morgan fingerprint density at radius 3 is 2.26 bits per heavy atom. The van der Waals surface area contributed by atoms with Gasteiger partial charge in [0.05, 0.1) is 5.25 Å². The Morgan fingerprint density at radius 1 is 1.22 bits per heavy atom. The maximum Gasteiger partial charge on any atom is 0.243 e. The monoisotopic (exact) mass is 341 g/mol. The fraction of sp³-hybridized carbons (Fsp3) is 0.833. The summed E-state index contributed by atoms with van der Waals surface area (Å²) in [4.78, 5) is 37.1. The van der Waals surface area contributed by atoms with E-state index in [2.05, 4.69) is 34.6 Å². The maximum absolute atomic E-state index is 12.7. The van der Waals surface area contributed by atoms with E-state index in [1.54, 1.807) is 11.8 Å². The summed E-state index contributed by atoms with van der Waals surface area (Å²) in [5.74, 6) is -0.341. The minimum absolute atomic E-state index is 0.0613. The molecule has 23 heavy (non-hydrogen) atoms. The largest absolute Gasteiger partial charge is 0.303 e. The second-order valence-corrected chi connectivity index (χ2v) is 10.5. The molecule has 0 aliphatic carbocycles. The van der Waals surface area contributed by atoms with Crippen LogP contribution < -0.4 is 0 Å². The van der Waals surface area contributed by atoms with Crippen molar-refractivity contribution in [2.45, 2.75) is 83.8 Å². The van der Waals surface area contributed by atoms with E-state index in [-0.39, 0.29) is 45.6 Å². The molecule has 3 atom stereocenters. The number of imide groups is 1. The summed E-state index contributed by atoms with van der Waals surface area (Å²) in [6.45, 7) is 14.5. The molecule has 5 heteroatoms. The smallest absolute Gasteiger partial charge is 0.243 e. The number of hydrogen-bond donors (Lipinski definition) is 0. The van der Waals surface area contributed by atoms with Crippen molar-refractivity contribution in [3.05, 3.63) is 0 Å². The molecule has 3 unspecified atom stereocenters. The summed E-state index contributed by atoms with van der Waals surface area (Å²) in [5, 5.41) is -0.297. The number of hydrogen-bond acceptors (Lipinski definition) is 4. The van der Waals surface area contributed by atoms with Gasteiger partial charge in [0, 0.05) is 23.1 Å². The van der Waals surface area contributed by atoms with Crippen molar-refractivity contribution in [3.8, 4) is 0 Å². The van der Waals surface area contributed by atoms with Crippen molar-refractivity contribution in [2.24, 2.45) is 11.3 Å². The predicted octanol–water partition coefficient (Wildman–Crippen LogP) is 3.68. The van der Waals surface area contributed by atoms with Crippen LogP contribution in [0.4, 0.5) is 0 Å². The second-order valence-electron chi connectivity index (χ2n) is 8.61. The van der Waals surface area contributed by atoms with Crippen LogP contribution in [0.3, 0.4) is 0 Å². The third-order valence-corrected chi connectivity index (χ3v) is 5.38. The van der Waals surface area contributed by atoms with Crippen molar-refractivity contribution in [1.82, 2.24) is 4.90 Å². The van der Waals surface area contributed by atoms with Crippen LogP contribution in [-0.2, 0) is 14.4 Å². The molecule has 4 nitrogen and oxygen atoms in total. The molecule has 2 amide bonds. The van der Waals surface area contributed by atoms with E-state index in [0.717, 1.165) is 12.7 Å². The van der Waals surface area contributed by atoms with Crippen LogP contribution in [0.15, 0.2) is 0 Å². The Morgan fingerprint density at radius 2 is 1.78 bits per heavy atom. The van der Waals surface area contributed by atoms with Gasteiger partial charge in [0.1, 0.15) is 6.29 Å². The molecule has 1 heterocycles. The Kier molecular flexibility index (Phi) is 6.47. The summed E-state index contributed by atoms with van der Waals surface area (Å²) in [5.41, 5.74) is 0.175. The van der Waals surface area contributed by atoms with Crippen molar-refractivity contribution >= 4 is 29.9 Å². The van der Waals surface area contributed by atoms with E-state index in [1.807, 2.05) is 13.8 Å². The number of rotatable bonds is 7. The summed E-state index contributed by atoms with van der Waals surface area (Å²) in [6, 6.07) is -0.216. The number of thioether (sulfide) groups is 1.